The molecule has 3 nitrogen and oxygen atoms in total. The van der Waals surface area contributed by atoms with Crippen LogP contribution in [0.4, 0.5) is 0 Å². The van der Waals surface area contributed by atoms with Crippen LogP contribution in [-0.4, -0.2) is 37.0 Å². The first-order chi connectivity index (χ1) is 7.35. The zero-order chi connectivity index (χ0) is 12.3. The topological polar surface area (TPSA) is 32.3 Å². The second-order valence-corrected chi connectivity index (χ2v) is 6.21. The molecule has 1 N–H and O–H groups in total. The summed E-state index contributed by atoms with van der Waals surface area (Å²) in [7, 11) is 1.89. The average molecular weight is 226 g/mol. The highest BCUT2D eigenvalue weighted by molar-refractivity contribution is 5.82. The quantitative estimate of drug-likeness (QED) is 0.779. The summed E-state index contributed by atoms with van der Waals surface area (Å²) in [6.45, 7) is 10.5. The van der Waals surface area contributed by atoms with E-state index in [0.717, 1.165) is 25.9 Å². The molecule has 0 aromatic carbocycles. The second kappa shape index (κ2) is 5.17. The van der Waals surface area contributed by atoms with Crippen molar-refractivity contribution >= 4 is 5.91 Å². The Labute approximate surface area is 99.6 Å². The first-order valence-electron chi connectivity index (χ1n) is 6.31. The van der Waals surface area contributed by atoms with Crippen molar-refractivity contribution < 1.29 is 4.79 Å². The van der Waals surface area contributed by atoms with E-state index in [1.807, 2.05) is 11.9 Å². The minimum absolute atomic E-state index is 0.00449. The fourth-order valence-corrected chi connectivity index (χ4v) is 2.46. The largest absolute Gasteiger partial charge is 0.341 e. The van der Waals surface area contributed by atoms with Gasteiger partial charge >= 0.3 is 0 Å². The van der Waals surface area contributed by atoms with Crippen molar-refractivity contribution in [3.63, 3.8) is 0 Å². The molecular weight excluding hydrogens is 200 g/mol. The van der Waals surface area contributed by atoms with Crippen LogP contribution >= 0.6 is 0 Å². The van der Waals surface area contributed by atoms with Crippen molar-refractivity contribution in [1.29, 1.82) is 0 Å². The molecule has 94 valence electrons. The molecule has 3 heteroatoms. The van der Waals surface area contributed by atoms with Crippen LogP contribution in [0.15, 0.2) is 0 Å². The Balaban J connectivity index is 2.74. The number of amides is 1. The molecule has 1 heterocycles. The van der Waals surface area contributed by atoms with Crippen molar-refractivity contribution in [1.82, 2.24) is 10.2 Å². The summed E-state index contributed by atoms with van der Waals surface area (Å²) in [6, 6.07) is 0.00449. The highest BCUT2D eigenvalue weighted by atomic mass is 16.2. The molecule has 1 rings (SSSR count). The number of carbonyl (C=O) groups excluding carboxylic acids is 1. The number of likely N-dealkylation sites (N-methyl/N-ethyl adjacent to an activating group) is 1. The Bertz CT molecular complexity index is 245. The summed E-state index contributed by atoms with van der Waals surface area (Å²) in [5, 5.41) is 3.17. The third-order valence-corrected chi connectivity index (χ3v) is 3.21. The maximum atomic E-state index is 12.3. The van der Waals surface area contributed by atoms with E-state index in [1.165, 1.54) is 0 Å². The molecule has 0 bridgehead atoms. The molecule has 0 spiro atoms. The predicted molar refractivity (Wildman–Crippen MR) is 67.3 cm³/mol. The van der Waals surface area contributed by atoms with Gasteiger partial charge in [0, 0.05) is 13.1 Å². The summed E-state index contributed by atoms with van der Waals surface area (Å²) < 4.78 is 0. The zero-order valence-corrected chi connectivity index (χ0v) is 11.3. The summed E-state index contributed by atoms with van der Waals surface area (Å²) in [6.07, 6.45) is 2.26. The van der Waals surface area contributed by atoms with E-state index in [4.69, 9.17) is 0 Å². The molecule has 1 amide bonds. The van der Waals surface area contributed by atoms with Crippen molar-refractivity contribution in [2.45, 2.75) is 46.6 Å². The molecule has 1 aliphatic rings. The standard InChI is InChI=1S/C13H26N2O/c1-10-7-6-8-15(9-13(2,3)4)12(16)11(10)14-5/h10-11,14H,6-9H2,1-5H3. The molecular formula is C13H26N2O. The van der Waals surface area contributed by atoms with Gasteiger partial charge in [0.1, 0.15) is 0 Å². The zero-order valence-electron chi connectivity index (χ0n) is 11.3. The molecule has 0 radical (unpaired) electrons. The number of nitrogens with zero attached hydrogens (tertiary/aromatic N) is 1. The fourth-order valence-electron chi connectivity index (χ4n) is 2.46. The van der Waals surface area contributed by atoms with Gasteiger partial charge in [-0.3, -0.25) is 4.79 Å². The maximum Gasteiger partial charge on any atom is 0.239 e. The lowest BCUT2D eigenvalue weighted by molar-refractivity contribution is -0.134. The first kappa shape index (κ1) is 13.5. The van der Waals surface area contributed by atoms with Gasteiger partial charge in [-0.1, -0.05) is 27.7 Å². The third kappa shape index (κ3) is 3.48. The molecule has 1 fully saturated rings. The van der Waals surface area contributed by atoms with Crippen molar-refractivity contribution in [2.75, 3.05) is 20.1 Å². The lowest BCUT2D eigenvalue weighted by Crippen LogP contribution is -2.48. The fraction of sp³-hybridized carbons (Fsp3) is 0.923. The van der Waals surface area contributed by atoms with Gasteiger partial charge in [-0.05, 0) is 31.2 Å². The van der Waals surface area contributed by atoms with Gasteiger partial charge in [0.25, 0.3) is 0 Å². The number of hydrogen-bond donors (Lipinski definition) is 1. The van der Waals surface area contributed by atoms with Crippen LogP contribution in [0.1, 0.15) is 40.5 Å². The summed E-state index contributed by atoms with van der Waals surface area (Å²) in [4.78, 5) is 14.4. The van der Waals surface area contributed by atoms with Crippen molar-refractivity contribution in [2.24, 2.45) is 11.3 Å². The highest BCUT2D eigenvalue weighted by Crippen LogP contribution is 2.22. The second-order valence-electron chi connectivity index (χ2n) is 6.21. The Morgan fingerprint density at radius 2 is 2.06 bits per heavy atom. The lowest BCUT2D eigenvalue weighted by atomic mass is 9.95. The van der Waals surface area contributed by atoms with Gasteiger partial charge in [0.15, 0.2) is 0 Å². The van der Waals surface area contributed by atoms with E-state index in [0.29, 0.717) is 5.92 Å². The number of likely N-dealkylation sites (tertiary alicyclic amines) is 1. The first-order valence-corrected chi connectivity index (χ1v) is 6.31. The van der Waals surface area contributed by atoms with Gasteiger partial charge in [-0.15, -0.1) is 0 Å². The molecule has 0 saturated carbocycles. The van der Waals surface area contributed by atoms with Crippen LogP contribution in [0.2, 0.25) is 0 Å². The van der Waals surface area contributed by atoms with E-state index in [2.05, 4.69) is 33.0 Å². The highest BCUT2D eigenvalue weighted by Gasteiger charge is 2.32. The molecule has 0 aliphatic carbocycles. The molecule has 0 aromatic heterocycles. The van der Waals surface area contributed by atoms with Crippen LogP contribution in [-0.2, 0) is 4.79 Å². The third-order valence-electron chi connectivity index (χ3n) is 3.21. The molecule has 1 saturated heterocycles. The molecule has 2 unspecified atom stereocenters. The van der Waals surface area contributed by atoms with Crippen LogP contribution in [0.25, 0.3) is 0 Å². The number of rotatable bonds is 2. The van der Waals surface area contributed by atoms with Gasteiger partial charge in [0.2, 0.25) is 5.91 Å². The summed E-state index contributed by atoms with van der Waals surface area (Å²) in [5.74, 6) is 0.727. The molecule has 16 heavy (non-hydrogen) atoms. The van der Waals surface area contributed by atoms with Crippen LogP contribution in [0, 0.1) is 11.3 Å². The summed E-state index contributed by atoms with van der Waals surface area (Å²) >= 11 is 0. The predicted octanol–water partition coefficient (Wildman–Crippen LogP) is 1.88. The SMILES string of the molecule is CNC1C(=O)N(CC(C)(C)C)CCCC1C. The average Bonchev–Trinajstić information content (AvgIpc) is 2.25. The van der Waals surface area contributed by atoms with E-state index in [-0.39, 0.29) is 17.4 Å². The van der Waals surface area contributed by atoms with Crippen LogP contribution in [0.3, 0.4) is 0 Å². The summed E-state index contributed by atoms with van der Waals surface area (Å²) in [5.41, 5.74) is 0.182. The minimum Gasteiger partial charge on any atom is -0.341 e. The number of nitrogens with one attached hydrogen (secondary N) is 1. The van der Waals surface area contributed by atoms with Gasteiger partial charge in [0.05, 0.1) is 6.04 Å². The van der Waals surface area contributed by atoms with Crippen molar-refractivity contribution in [3.05, 3.63) is 0 Å². The van der Waals surface area contributed by atoms with E-state index < -0.39 is 0 Å². The minimum atomic E-state index is 0.00449. The molecule has 2 atom stereocenters. The monoisotopic (exact) mass is 226 g/mol. The lowest BCUT2D eigenvalue weighted by Gasteiger charge is -2.31. The Hall–Kier alpha value is -0.570. The van der Waals surface area contributed by atoms with E-state index >= 15 is 0 Å². The maximum absolute atomic E-state index is 12.3. The Morgan fingerprint density at radius 1 is 1.44 bits per heavy atom. The van der Waals surface area contributed by atoms with Crippen LogP contribution in [0.5, 0.6) is 0 Å². The molecule has 1 aliphatic heterocycles. The van der Waals surface area contributed by atoms with E-state index in [1.54, 1.807) is 0 Å². The van der Waals surface area contributed by atoms with Crippen molar-refractivity contribution in [3.8, 4) is 0 Å². The number of carbonyl (C=O) groups is 1. The molecule has 0 aromatic rings. The van der Waals surface area contributed by atoms with Crippen LogP contribution < -0.4 is 5.32 Å². The smallest absolute Gasteiger partial charge is 0.239 e. The normalized spacial score (nSPS) is 28.1. The number of hydrogen-bond acceptors (Lipinski definition) is 2. The van der Waals surface area contributed by atoms with E-state index in [9.17, 15) is 4.79 Å². The van der Waals surface area contributed by atoms with Gasteiger partial charge < -0.3 is 10.2 Å². The Morgan fingerprint density at radius 3 is 2.56 bits per heavy atom. The van der Waals surface area contributed by atoms with Gasteiger partial charge in [-0.25, -0.2) is 0 Å². The van der Waals surface area contributed by atoms with Gasteiger partial charge in [-0.2, -0.15) is 0 Å². The Kier molecular flexibility index (Phi) is 4.36.